The Hall–Kier alpha value is -0.640. The van der Waals surface area contributed by atoms with Gasteiger partial charge in [0.2, 0.25) is 0 Å². The van der Waals surface area contributed by atoms with E-state index in [0.29, 0.717) is 12.6 Å². The summed E-state index contributed by atoms with van der Waals surface area (Å²) in [5.74, 6) is 0. The molecule has 0 bridgehead atoms. The van der Waals surface area contributed by atoms with Crippen LogP contribution in [0, 0.1) is 0 Å². The van der Waals surface area contributed by atoms with Gasteiger partial charge in [-0.25, -0.2) is 0 Å². The number of likely N-dealkylation sites (N-methyl/N-ethyl adjacent to an activating group) is 1. The second-order valence-corrected chi connectivity index (χ2v) is 4.48. The first-order valence-electron chi connectivity index (χ1n) is 5.79. The van der Waals surface area contributed by atoms with Crippen LogP contribution in [0.3, 0.4) is 0 Å². The minimum absolute atomic E-state index is 0.606. The fourth-order valence-electron chi connectivity index (χ4n) is 2.23. The van der Waals surface area contributed by atoms with Gasteiger partial charge in [0.1, 0.15) is 0 Å². The molecule has 1 aliphatic heterocycles. The van der Waals surface area contributed by atoms with Gasteiger partial charge in [0.05, 0.1) is 0 Å². The first-order chi connectivity index (χ1) is 7.29. The molecule has 3 nitrogen and oxygen atoms in total. The summed E-state index contributed by atoms with van der Waals surface area (Å²) in [7, 11) is 2.19. The molecule has 1 fully saturated rings. The Bertz CT molecular complexity index is 262. The zero-order chi connectivity index (χ0) is 10.7. The Morgan fingerprint density at radius 3 is 2.60 bits per heavy atom. The van der Waals surface area contributed by atoms with Gasteiger partial charge in [0.25, 0.3) is 0 Å². The van der Waals surface area contributed by atoms with Crippen LogP contribution in [0.15, 0.2) is 23.8 Å². The number of piperazine rings is 1. The smallest absolute Gasteiger partial charge is 0.0317 e. The summed E-state index contributed by atoms with van der Waals surface area (Å²) in [5.41, 5.74) is 6.88. The topological polar surface area (TPSA) is 32.5 Å². The number of nitrogens with two attached hydrogens (primary N) is 1. The first kappa shape index (κ1) is 10.9. The van der Waals surface area contributed by atoms with Crippen molar-refractivity contribution in [2.45, 2.75) is 12.5 Å². The maximum absolute atomic E-state index is 5.61. The van der Waals surface area contributed by atoms with Crippen molar-refractivity contribution < 1.29 is 0 Å². The summed E-state index contributed by atoms with van der Waals surface area (Å²) in [6.45, 7) is 5.44. The predicted molar refractivity (Wildman–Crippen MR) is 63.8 cm³/mol. The van der Waals surface area contributed by atoms with Crippen molar-refractivity contribution >= 4 is 0 Å². The van der Waals surface area contributed by atoms with E-state index in [1.54, 1.807) is 0 Å². The zero-order valence-electron chi connectivity index (χ0n) is 9.52. The summed E-state index contributed by atoms with van der Waals surface area (Å²) in [6.07, 6.45) is 7.91. The Kier molecular flexibility index (Phi) is 3.57. The molecule has 1 atom stereocenters. The Labute approximate surface area is 92.2 Å². The molecule has 1 unspecified atom stereocenters. The highest BCUT2D eigenvalue weighted by Gasteiger charge is 2.20. The van der Waals surface area contributed by atoms with Crippen molar-refractivity contribution in [2.75, 3.05) is 39.8 Å². The van der Waals surface area contributed by atoms with Crippen LogP contribution < -0.4 is 5.73 Å². The average molecular weight is 207 g/mol. The average Bonchev–Trinajstić information content (AvgIpc) is 2.30. The molecule has 0 spiro atoms. The maximum Gasteiger partial charge on any atom is 0.0317 e. The number of hydrogen-bond donors (Lipinski definition) is 1. The van der Waals surface area contributed by atoms with Crippen LogP contribution in [0.4, 0.5) is 0 Å². The lowest BCUT2D eigenvalue weighted by Crippen LogP contribution is -2.48. The highest BCUT2D eigenvalue weighted by Crippen LogP contribution is 2.16. The van der Waals surface area contributed by atoms with Gasteiger partial charge in [-0.2, -0.15) is 0 Å². The van der Waals surface area contributed by atoms with Crippen molar-refractivity contribution in [1.29, 1.82) is 0 Å². The minimum atomic E-state index is 0.606. The summed E-state index contributed by atoms with van der Waals surface area (Å²) in [4.78, 5) is 4.96. The van der Waals surface area contributed by atoms with Crippen molar-refractivity contribution in [3.05, 3.63) is 23.8 Å². The van der Waals surface area contributed by atoms with Crippen LogP contribution in [-0.4, -0.2) is 55.6 Å². The molecular weight excluding hydrogens is 186 g/mol. The zero-order valence-corrected chi connectivity index (χ0v) is 9.52. The first-order valence-corrected chi connectivity index (χ1v) is 5.79. The van der Waals surface area contributed by atoms with E-state index in [4.69, 9.17) is 5.73 Å². The molecule has 1 saturated heterocycles. The predicted octanol–water partition coefficient (Wildman–Crippen LogP) is 0.447. The quantitative estimate of drug-likeness (QED) is 0.713. The highest BCUT2D eigenvalue weighted by atomic mass is 15.3. The molecule has 1 aliphatic carbocycles. The van der Waals surface area contributed by atoms with Gasteiger partial charge in [0, 0.05) is 38.8 Å². The third-order valence-corrected chi connectivity index (χ3v) is 3.40. The fraction of sp³-hybridized carbons (Fsp3) is 0.667. The summed E-state index contributed by atoms with van der Waals surface area (Å²) in [6, 6.07) is 0.606. The van der Waals surface area contributed by atoms with Crippen molar-refractivity contribution in [1.82, 2.24) is 9.80 Å². The number of rotatable bonds is 2. The van der Waals surface area contributed by atoms with Crippen LogP contribution in [-0.2, 0) is 0 Å². The minimum Gasteiger partial charge on any atom is -0.327 e. The Morgan fingerprint density at radius 1 is 1.33 bits per heavy atom. The molecule has 0 aromatic rings. The summed E-state index contributed by atoms with van der Waals surface area (Å²) < 4.78 is 0. The van der Waals surface area contributed by atoms with Gasteiger partial charge in [-0.05, 0) is 19.0 Å². The van der Waals surface area contributed by atoms with Gasteiger partial charge in [-0.3, -0.25) is 4.90 Å². The Morgan fingerprint density at radius 2 is 2.07 bits per heavy atom. The molecule has 84 valence electrons. The Balaban J connectivity index is 1.87. The largest absolute Gasteiger partial charge is 0.327 e. The molecule has 0 radical (unpaired) electrons. The molecule has 2 rings (SSSR count). The third-order valence-electron chi connectivity index (χ3n) is 3.40. The molecule has 15 heavy (non-hydrogen) atoms. The highest BCUT2D eigenvalue weighted by molar-refractivity contribution is 5.26. The van der Waals surface area contributed by atoms with Crippen LogP contribution in [0.2, 0.25) is 0 Å². The molecule has 0 aromatic heterocycles. The number of nitrogens with zero attached hydrogens (tertiary/aromatic N) is 2. The summed E-state index contributed by atoms with van der Waals surface area (Å²) in [5, 5.41) is 0. The van der Waals surface area contributed by atoms with E-state index in [1.807, 2.05) is 0 Å². The lowest BCUT2D eigenvalue weighted by Gasteiger charge is -2.37. The van der Waals surface area contributed by atoms with Crippen molar-refractivity contribution in [3.63, 3.8) is 0 Å². The third kappa shape index (κ3) is 2.68. The molecule has 0 amide bonds. The van der Waals surface area contributed by atoms with Gasteiger partial charge in [-0.1, -0.05) is 18.2 Å². The van der Waals surface area contributed by atoms with E-state index < -0.39 is 0 Å². The molecule has 0 saturated carbocycles. The van der Waals surface area contributed by atoms with Crippen LogP contribution in [0.5, 0.6) is 0 Å². The standard InChI is InChI=1S/C12H21N3/c1-14-6-8-15(9-7-14)12-4-2-11(10-13)3-5-12/h2-4,12H,5-10,13H2,1H3. The van der Waals surface area contributed by atoms with E-state index in [1.165, 1.54) is 31.8 Å². The van der Waals surface area contributed by atoms with E-state index in [0.717, 1.165) is 6.42 Å². The molecule has 2 N–H and O–H groups in total. The van der Waals surface area contributed by atoms with Gasteiger partial charge in [0.15, 0.2) is 0 Å². The molecule has 0 aromatic carbocycles. The molecule has 1 heterocycles. The lowest BCUT2D eigenvalue weighted by atomic mass is 10.0. The molecule has 2 aliphatic rings. The maximum atomic E-state index is 5.61. The summed E-state index contributed by atoms with van der Waals surface area (Å²) >= 11 is 0. The van der Waals surface area contributed by atoms with Crippen molar-refractivity contribution in [2.24, 2.45) is 5.73 Å². The van der Waals surface area contributed by atoms with Crippen LogP contribution in [0.25, 0.3) is 0 Å². The van der Waals surface area contributed by atoms with Crippen LogP contribution >= 0.6 is 0 Å². The van der Waals surface area contributed by atoms with E-state index in [-0.39, 0.29) is 0 Å². The monoisotopic (exact) mass is 207 g/mol. The SMILES string of the molecule is CN1CCN(C2C=CC(CN)=CC2)CC1. The normalized spacial score (nSPS) is 29.2. The van der Waals surface area contributed by atoms with E-state index >= 15 is 0 Å². The number of hydrogen-bond acceptors (Lipinski definition) is 3. The second kappa shape index (κ2) is 4.92. The van der Waals surface area contributed by atoms with E-state index in [9.17, 15) is 0 Å². The molecule has 3 heteroatoms. The second-order valence-electron chi connectivity index (χ2n) is 4.48. The van der Waals surface area contributed by atoms with Gasteiger partial charge < -0.3 is 10.6 Å². The van der Waals surface area contributed by atoms with Crippen molar-refractivity contribution in [3.8, 4) is 0 Å². The van der Waals surface area contributed by atoms with Gasteiger partial charge in [-0.15, -0.1) is 0 Å². The van der Waals surface area contributed by atoms with Gasteiger partial charge >= 0.3 is 0 Å². The van der Waals surface area contributed by atoms with E-state index in [2.05, 4.69) is 35.1 Å². The lowest BCUT2D eigenvalue weighted by molar-refractivity contribution is 0.130. The fourth-order valence-corrected chi connectivity index (χ4v) is 2.23. The van der Waals surface area contributed by atoms with Crippen LogP contribution in [0.1, 0.15) is 6.42 Å². The molecular formula is C12H21N3.